The lowest BCUT2D eigenvalue weighted by atomic mass is 10.1. The molecule has 2 aromatic carbocycles. The molecule has 4 nitrogen and oxygen atoms in total. The van der Waals surface area contributed by atoms with Crippen molar-refractivity contribution in [1.29, 1.82) is 0 Å². The smallest absolute Gasteiger partial charge is 0.269 e. The molecule has 0 bridgehead atoms. The van der Waals surface area contributed by atoms with Gasteiger partial charge in [-0.3, -0.25) is 0 Å². The Bertz CT molecular complexity index is 608. The van der Waals surface area contributed by atoms with Crippen molar-refractivity contribution < 1.29 is 4.21 Å². The van der Waals surface area contributed by atoms with Crippen molar-refractivity contribution in [1.82, 2.24) is 5.32 Å². The van der Waals surface area contributed by atoms with Gasteiger partial charge in [-0.05, 0) is 0 Å². The number of rotatable bonds is 2. The summed E-state index contributed by atoms with van der Waals surface area (Å²) in [5.41, 5.74) is 1.78. The first-order valence-corrected chi connectivity index (χ1v) is 6.86. The molecular weight excluding hydrogens is 258 g/mol. The molecule has 3 rings (SSSR count). The number of amidine groups is 2. The summed E-state index contributed by atoms with van der Waals surface area (Å²) in [5.74, 6) is 1.15. The fourth-order valence-corrected chi connectivity index (χ4v) is 2.43. The second-order valence-corrected chi connectivity index (χ2v) is 4.79. The molecule has 1 aliphatic rings. The van der Waals surface area contributed by atoms with Crippen LogP contribution in [0.5, 0.6) is 0 Å². The van der Waals surface area contributed by atoms with Gasteiger partial charge in [0.15, 0.2) is 11.7 Å². The summed E-state index contributed by atoms with van der Waals surface area (Å²) in [4.78, 5) is 0. The van der Waals surface area contributed by atoms with E-state index in [0.717, 1.165) is 11.1 Å². The molecule has 0 amide bonds. The summed E-state index contributed by atoms with van der Waals surface area (Å²) >= 11 is -1.59. The molecule has 0 radical (unpaired) electrons. The molecule has 1 N–H and O–H groups in total. The molecule has 5 heteroatoms. The summed E-state index contributed by atoms with van der Waals surface area (Å²) in [6, 6.07) is 19.2. The summed E-state index contributed by atoms with van der Waals surface area (Å²) in [6.45, 7) is 0. The molecule has 94 valence electrons. The molecule has 1 heterocycles. The third-order valence-electron chi connectivity index (χ3n) is 2.67. The first kappa shape index (κ1) is 11.8. The summed E-state index contributed by atoms with van der Waals surface area (Å²) in [5, 5.41) is 3.12. The summed E-state index contributed by atoms with van der Waals surface area (Å²) in [6.07, 6.45) is 0. The topological polar surface area (TPSA) is 53.8 Å². The molecule has 19 heavy (non-hydrogen) atoms. The van der Waals surface area contributed by atoms with Gasteiger partial charge in [0.1, 0.15) is 0 Å². The van der Waals surface area contributed by atoms with Gasteiger partial charge in [-0.2, -0.15) is 0 Å². The van der Waals surface area contributed by atoms with Gasteiger partial charge in [-0.1, -0.05) is 60.7 Å². The predicted octanol–water partition coefficient (Wildman–Crippen LogP) is 2.06. The van der Waals surface area contributed by atoms with Gasteiger partial charge in [0.05, 0.1) is 0 Å². The van der Waals surface area contributed by atoms with E-state index in [4.69, 9.17) is 0 Å². The quantitative estimate of drug-likeness (QED) is 0.907. The lowest BCUT2D eigenvalue weighted by molar-refractivity contribution is 0.685. The van der Waals surface area contributed by atoms with E-state index >= 15 is 0 Å². The largest absolute Gasteiger partial charge is 0.323 e. The Morgan fingerprint density at radius 3 is 1.58 bits per heavy atom. The van der Waals surface area contributed by atoms with Crippen LogP contribution in [-0.4, -0.2) is 15.9 Å². The van der Waals surface area contributed by atoms with Gasteiger partial charge < -0.3 is 5.32 Å². The Labute approximate surface area is 113 Å². The number of hydrogen-bond donors (Lipinski definition) is 1. The van der Waals surface area contributed by atoms with Crippen molar-refractivity contribution in [2.45, 2.75) is 0 Å². The Balaban J connectivity index is 1.94. The number of nitrogens with one attached hydrogen (secondary N) is 1. The minimum atomic E-state index is -1.59. The third-order valence-corrected chi connectivity index (χ3v) is 3.35. The molecule has 0 saturated carbocycles. The molecular formula is C14H11N3OS. The maximum Gasteiger partial charge on any atom is 0.269 e. The van der Waals surface area contributed by atoms with Gasteiger partial charge in [0, 0.05) is 11.1 Å². The van der Waals surface area contributed by atoms with Gasteiger partial charge in [-0.25, -0.2) is 4.21 Å². The van der Waals surface area contributed by atoms with E-state index in [1.54, 1.807) is 0 Å². The maximum absolute atomic E-state index is 11.7. The molecule has 1 aliphatic heterocycles. The predicted molar refractivity (Wildman–Crippen MR) is 77.2 cm³/mol. The highest BCUT2D eigenvalue weighted by Gasteiger charge is 2.16. The lowest BCUT2D eigenvalue weighted by Crippen LogP contribution is -2.35. The van der Waals surface area contributed by atoms with Crippen molar-refractivity contribution in [3.8, 4) is 0 Å². The second kappa shape index (κ2) is 5.16. The monoisotopic (exact) mass is 269 g/mol. The molecule has 0 spiro atoms. The molecule has 0 atom stereocenters. The van der Waals surface area contributed by atoms with E-state index in [-0.39, 0.29) is 0 Å². The van der Waals surface area contributed by atoms with Crippen LogP contribution in [0.15, 0.2) is 69.5 Å². The van der Waals surface area contributed by atoms with Crippen LogP contribution >= 0.6 is 0 Å². The van der Waals surface area contributed by atoms with Gasteiger partial charge >= 0.3 is 0 Å². The van der Waals surface area contributed by atoms with Crippen molar-refractivity contribution >= 4 is 22.8 Å². The van der Waals surface area contributed by atoms with Crippen LogP contribution in [0.2, 0.25) is 0 Å². The molecule has 2 aromatic rings. The summed E-state index contributed by atoms with van der Waals surface area (Å²) < 4.78 is 19.8. The Morgan fingerprint density at radius 1 is 0.737 bits per heavy atom. The van der Waals surface area contributed by atoms with Crippen LogP contribution in [0.4, 0.5) is 0 Å². The SMILES string of the molecule is O=S1N=C(c2ccccc2)NC(c2ccccc2)=N1. The molecule has 0 saturated heterocycles. The van der Waals surface area contributed by atoms with E-state index < -0.39 is 11.2 Å². The second-order valence-electron chi connectivity index (χ2n) is 3.97. The Hall–Kier alpha value is -2.27. The van der Waals surface area contributed by atoms with Crippen LogP contribution in [-0.2, 0) is 11.2 Å². The summed E-state index contributed by atoms with van der Waals surface area (Å²) in [7, 11) is 0. The van der Waals surface area contributed by atoms with E-state index in [1.807, 2.05) is 60.7 Å². The van der Waals surface area contributed by atoms with Gasteiger partial charge in [-0.15, -0.1) is 8.80 Å². The first-order valence-electron chi connectivity index (χ1n) is 5.80. The molecule has 0 unspecified atom stereocenters. The number of hydrogen-bond acceptors (Lipinski definition) is 2. The normalized spacial score (nSPS) is 15.4. The highest BCUT2D eigenvalue weighted by Crippen LogP contribution is 2.09. The number of nitrogens with zero attached hydrogens (tertiary/aromatic N) is 2. The molecule has 0 aromatic heterocycles. The van der Waals surface area contributed by atoms with Crippen LogP contribution in [0.25, 0.3) is 0 Å². The Morgan fingerprint density at radius 2 is 1.16 bits per heavy atom. The Kier molecular flexibility index (Phi) is 3.20. The van der Waals surface area contributed by atoms with Crippen LogP contribution in [0.3, 0.4) is 0 Å². The van der Waals surface area contributed by atoms with Crippen molar-refractivity contribution in [2.75, 3.05) is 0 Å². The third kappa shape index (κ3) is 2.61. The van der Waals surface area contributed by atoms with Crippen molar-refractivity contribution in [3.05, 3.63) is 71.8 Å². The minimum Gasteiger partial charge on any atom is -0.323 e. The van der Waals surface area contributed by atoms with Crippen molar-refractivity contribution in [3.63, 3.8) is 0 Å². The lowest BCUT2D eigenvalue weighted by Gasteiger charge is -2.15. The van der Waals surface area contributed by atoms with Crippen molar-refractivity contribution in [2.24, 2.45) is 8.80 Å². The highest BCUT2D eigenvalue weighted by molar-refractivity contribution is 7.82. The van der Waals surface area contributed by atoms with Gasteiger partial charge in [0.2, 0.25) is 0 Å². The molecule has 0 fully saturated rings. The zero-order valence-corrected chi connectivity index (χ0v) is 10.8. The van der Waals surface area contributed by atoms with E-state index in [1.165, 1.54) is 0 Å². The zero-order chi connectivity index (χ0) is 13.1. The maximum atomic E-state index is 11.7. The average molecular weight is 269 g/mol. The van der Waals surface area contributed by atoms with Gasteiger partial charge in [0.25, 0.3) is 11.2 Å². The van der Waals surface area contributed by atoms with E-state index in [9.17, 15) is 4.21 Å². The fourth-order valence-electron chi connectivity index (χ4n) is 1.78. The minimum absolute atomic E-state index is 0.577. The average Bonchev–Trinajstić information content (AvgIpc) is 2.48. The van der Waals surface area contributed by atoms with Crippen LogP contribution in [0, 0.1) is 0 Å². The first-order chi connectivity index (χ1) is 9.33. The molecule has 0 aliphatic carbocycles. The van der Waals surface area contributed by atoms with Crippen LogP contribution < -0.4 is 5.32 Å². The van der Waals surface area contributed by atoms with E-state index in [0.29, 0.717) is 11.7 Å². The number of benzene rings is 2. The highest BCUT2D eigenvalue weighted by atomic mass is 32.2. The fraction of sp³-hybridized carbons (Fsp3) is 0. The zero-order valence-electron chi connectivity index (χ0n) is 9.98. The van der Waals surface area contributed by atoms with E-state index in [2.05, 4.69) is 14.1 Å². The standard InChI is InChI=1S/C14H11N3OS/c18-19-16-13(11-7-3-1-4-8-11)15-14(17-19)12-9-5-2-6-10-12/h1-10H,(H,15,16,17). The van der Waals surface area contributed by atoms with Crippen LogP contribution in [0.1, 0.15) is 11.1 Å².